The zero-order valence-corrected chi connectivity index (χ0v) is 13.4. The fourth-order valence-corrected chi connectivity index (χ4v) is 2.66. The average molecular weight is 296 g/mol. The SMILES string of the molecule is CCC(C)(CC)n1c(CCCl)nc2ccc(OC)nc21. The molecule has 0 aliphatic rings. The Kier molecular flexibility index (Phi) is 4.53. The second-order valence-corrected chi connectivity index (χ2v) is 5.58. The van der Waals surface area contributed by atoms with E-state index in [9.17, 15) is 0 Å². The Bertz CT molecular complexity index is 590. The fourth-order valence-electron chi connectivity index (χ4n) is 2.49. The molecular formula is C15H22ClN3O. The molecule has 4 nitrogen and oxygen atoms in total. The molecule has 0 atom stereocenters. The monoisotopic (exact) mass is 295 g/mol. The van der Waals surface area contributed by atoms with Crippen molar-refractivity contribution in [2.75, 3.05) is 13.0 Å². The van der Waals surface area contributed by atoms with E-state index in [1.165, 1.54) is 0 Å². The van der Waals surface area contributed by atoms with E-state index in [4.69, 9.17) is 21.3 Å². The van der Waals surface area contributed by atoms with Crippen molar-refractivity contribution >= 4 is 22.8 Å². The zero-order valence-electron chi connectivity index (χ0n) is 12.6. The van der Waals surface area contributed by atoms with Crippen molar-refractivity contribution in [3.8, 4) is 5.88 Å². The first-order valence-corrected chi connectivity index (χ1v) is 7.61. The maximum atomic E-state index is 5.93. The fraction of sp³-hybridized carbons (Fsp3) is 0.600. The van der Waals surface area contributed by atoms with Crippen molar-refractivity contribution in [1.82, 2.24) is 14.5 Å². The maximum Gasteiger partial charge on any atom is 0.215 e. The van der Waals surface area contributed by atoms with E-state index >= 15 is 0 Å². The molecule has 2 aromatic heterocycles. The highest BCUT2D eigenvalue weighted by Crippen LogP contribution is 2.31. The lowest BCUT2D eigenvalue weighted by Crippen LogP contribution is -2.30. The Balaban J connectivity index is 2.71. The average Bonchev–Trinajstić information content (AvgIpc) is 2.84. The summed E-state index contributed by atoms with van der Waals surface area (Å²) in [4.78, 5) is 9.29. The van der Waals surface area contributed by atoms with Crippen LogP contribution in [0.1, 0.15) is 39.4 Å². The number of rotatable bonds is 6. The minimum absolute atomic E-state index is 0.00446. The Morgan fingerprint density at radius 1 is 1.25 bits per heavy atom. The van der Waals surface area contributed by atoms with Gasteiger partial charge in [0.1, 0.15) is 11.3 Å². The number of aromatic nitrogens is 3. The van der Waals surface area contributed by atoms with E-state index in [2.05, 4.69) is 30.3 Å². The molecule has 0 unspecified atom stereocenters. The van der Waals surface area contributed by atoms with Gasteiger partial charge in [-0.3, -0.25) is 0 Å². The number of fused-ring (bicyclic) bond motifs is 1. The van der Waals surface area contributed by atoms with Gasteiger partial charge in [-0.2, -0.15) is 4.98 Å². The smallest absolute Gasteiger partial charge is 0.215 e. The van der Waals surface area contributed by atoms with E-state index in [0.29, 0.717) is 11.8 Å². The van der Waals surface area contributed by atoms with Gasteiger partial charge < -0.3 is 9.30 Å². The Hall–Kier alpha value is -1.29. The van der Waals surface area contributed by atoms with Crippen LogP contribution in [0.2, 0.25) is 0 Å². The summed E-state index contributed by atoms with van der Waals surface area (Å²) in [6.45, 7) is 6.63. The largest absolute Gasteiger partial charge is 0.481 e. The second-order valence-electron chi connectivity index (χ2n) is 5.20. The van der Waals surface area contributed by atoms with Crippen LogP contribution in [0.5, 0.6) is 5.88 Å². The molecule has 0 aliphatic heterocycles. The quantitative estimate of drug-likeness (QED) is 0.762. The molecule has 0 fully saturated rings. The first-order chi connectivity index (χ1) is 9.59. The molecule has 0 aliphatic carbocycles. The van der Waals surface area contributed by atoms with Crippen LogP contribution in [0.15, 0.2) is 12.1 Å². The van der Waals surface area contributed by atoms with Crippen LogP contribution in [0.3, 0.4) is 0 Å². The van der Waals surface area contributed by atoms with Crippen LogP contribution in [0.4, 0.5) is 0 Å². The summed E-state index contributed by atoms with van der Waals surface area (Å²) in [7, 11) is 1.63. The van der Waals surface area contributed by atoms with Crippen LogP contribution < -0.4 is 4.74 Å². The van der Waals surface area contributed by atoms with Crippen LogP contribution in [0, 0.1) is 0 Å². The van der Waals surface area contributed by atoms with E-state index in [0.717, 1.165) is 36.3 Å². The lowest BCUT2D eigenvalue weighted by Gasteiger charge is -2.31. The summed E-state index contributed by atoms with van der Waals surface area (Å²) in [6, 6.07) is 3.81. The first kappa shape index (κ1) is 15.1. The molecule has 5 heteroatoms. The normalized spacial score (nSPS) is 12.1. The lowest BCUT2D eigenvalue weighted by molar-refractivity contribution is 0.292. The maximum absolute atomic E-state index is 5.93. The predicted molar refractivity (Wildman–Crippen MR) is 82.7 cm³/mol. The van der Waals surface area contributed by atoms with Gasteiger partial charge in [-0.25, -0.2) is 4.98 Å². The molecule has 0 N–H and O–H groups in total. The zero-order chi connectivity index (χ0) is 14.8. The summed E-state index contributed by atoms with van der Waals surface area (Å²) in [5.74, 6) is 2.18. The van der Waals surface area contributed by atoms with Gasteiger partial charge in [0.25, 0.3) is 0 Å². The standard InChI is InChI=1S/C15H22ClN3O/c1-5-15(3,6-2)19-12(9-10-16)17-11-7-8-13(20-4)18-14(11)19/h7-8H,5-6,9-10H2,1-4H3. The highest BCUT2D eigenvalue weighted by atomic mass is 35.5. The van der Waals surface area contributed by atoms with Gasteiger partial charge in [-0.1, -0.05) is 13.8 Å². The molecule has 2 heterocycles. The van der Waals surface area contributed by atoms with Crippen LogP contribution in [-0.2, 0) is 12.0 Å². The number of nitrogens with zero attached hydrogens (tertiary/aromatic N) is 3. The van der Waals surface area contributed by atoms with E-state index < -0.39 is 0 Å². The molecule has 0 radical (unpaired) electrons. The summed E-state index contributed by atoms with van der Waals surface area (Å²) in [5.41, 5.74) is 1.78. The molecule has 20 heavy (non-hydrogen) atoms. The summed E-state index contributed by atoms with van der Waals surface area (Å²) >= 11 is 5.93. The van der Waals surface area contributed by atoms with Crippen LogP contribution in [0.25, 0.3) is 11.2 Å². The third-order valence-corrected chi connectivity index (χ3v) is 4.33. The Labute approximate surface area is 125 Å². The van der Waals surface area contributed by atoms with Crippen molar-refractivity contribution in [1.29, 1.82) is 0 Å². The number of hydrogen-bond acceptors (Lipinski definition) is 3. The Morgan fingerprint density at radius 2 is 1.95 bits per heavy atom. The van der Waals surface area contributed by atoms with Gasteiger partial charge in [0, 0.05) is 23.9 Å². The van der Waals surface area contributed by atoms with Crippen LogP contribution in [-0.4, -0.2) is 27.5 Å². The highest BCUT2D eigenvalue weighted by Gasteiger charge is 2.28. The number of imidazole rings is 1. The number of aryl methyl sites for hydroxylation is 1. The molecular weight excluding hydrogens is 274 g/mol. The van der Waals surface area contributed by atoms with Crippen molar-refractivity contribution in [2.45, 2.75) is 45.6 Å². The third-order valence-electron chi connectivity index (χ3n) is 4.14. The number of pyridine rings is 1. The highest BCUT2D eigenvalue weighted by molar-refractivity contribution is 6.17. The topological polar surface area (TPSA) is 39.9 Å². The van der Waals surface area contributed by atoms with Gasteiger partial charge in [0.05, 0.1) is 7.11 Å². The molecule has 110 valence electrons. The summed E-state index contributed by atoms with van der Waals surface area (Å²) < 4.78 is 7.49. The molecule has 0 bridgehead atoms. The predicted octanol–water partition coefficient (Wildman–Crippen LogP) is 3.76. The second kappa shape index (κ2) is 6.00. The molecule has 0 spiro atoms. The van der Waals surface area contributed by atoms with Crippen LogP contribution >= 0.6 is 11.6 Å². The molecule has 0 aromatic carbocycles. The Morgan fingerprint density at radius 3 is 2.50 bits per heavy atom. The summed E-state index contributed by atoms with van der Waals surface area (Å²) in [5, 5.41) is 0. The number of ether oxygens (including phenoxy) is 1. The van der Waals surface area contributed by atoms with Gasteiger partial charge >= 0.3 is 0 Å². The van der Waals surface area contributed by atoms with Crippen molar-refractivity contribution in [2.24, 2.45) is 0 Å². The minimum atomic E-state index is -0.00446. The molecule has 2 aromatic rings. The van der Waals surface area contributed by atoms with Crippen molar-refractivity contribution in [3.05, 3.63) is 18.0 Å². The number of hydrogen-bond donors (Lipinski definition) is 0. The van der Waals surface area contributed by atoms with Gasteiger partial charge in [-0.15, -0.1) is 11.6 Å². The van der Waals surface area contributed by atoms with Gasteiger partial charge in [0.2, 0.25) is 5.88 Å². The van der Waals surface area contributed by atoms with E-state index in [1.54, 1.807) is 7.11 Å². The molecule has 0 amide bonds. The van der Waals surface area contributed by atoms with Crippen molar-refractivity contribution in [3.63, 3.8) is 0 Å². The minimum Gasteiger partial charge on any atom is -0.481 e. The molecule has 0 saturated carbocycles. The molecule has 2 rings (SSSR count). The summed E-state index contributed by atoms with van der Waals surface area (Å²) in [6.07, 6.45) is 2.78. The van der Waals surface area contributed by atoms with E-state index in [1.807, 2.05) is 12.1 Å². The van der Waals surface area contributed by atoms with Gasteiger partial charge in [-0.05, 0) is 25.8 Å². The first-order valence-electron chi connectivity index (χ1n) is 7.08. The van der Waals surface area contributed by atoms with E-state index in [-0.39, 0.29) is 5.54 Å². The van der Waals surface area contributed by atoms with Gasteiger partial charge in [0.15, 0.2) is 5.65 Å². The number of alkyl halides is 1. The number of methoxy groups -OCH3 is 1. The lowest BCUT2D eigenvalue weighted by atomic mass is 9.95. The third kappa shape index (κ3) is 2.49. The van der Waals surface area contributed by atoms with Crippen molar-refractivity contribution < 1.29 is 4.74 Å². The number of halogens is 1. The molecule has 0 saturated heterocycles.